The van der Waals surface area contributed by atoms with Crippen LogP contribution in [0.3, 0.4) is 0 Å². The number of thioether (sulfide) groups is 1. The number of hydrogen-bond donors (Lipinski definition) is 2. The highest BCUT2D eigenvalue weighted by Crippen LogP contribution is 2.31. The van der Waals surface area contributed by atoms with Crippen molar-refractivity contribution >= 4 is 41.7 Å². The van der Waals surface area contributed by atoms with Crippen LogP contribution in [0.25, 0.3) is 0 Å². The van der Waals surface area contributed by atoms with Crippen molar-refractivity contribution in [1.29, 1.82) is 0 Å². The summed E-state index contributed by atoms with van der Waals surface area (Å²) >= 11 is 1.88. The third-order valence-corrected chi connectivity index (χ3v) is 5.73. The van der Waals surface area contributed by atoms with E-state index in [1.807, 2.05) is 18.8 Å². The van der Waals surface area contributed by atoms with E-state index in [4.69, 9.17) is 0 Å². The monoisotopic (exact) mass is 426 g/mol. The average Bonchev–Trinajstić information content (AvgIpc) is 3.20. The molecule has 1 saturated carbocycles. The van der Waals surface area contributed by atoms with Crippen LogP contribution in [0, 0.1) is 5.92 Å². The second-order valence-electron chi connectivity index (χ2n) is 6.80. The van der Waals surface area contributed by atoms with Crippen molar-refractivity contribution in [2.24, 2.45) is 10.9 Å². The summed E-state index contributed by atoms with van der Waals surface area (Å²) in [5.41, 5.74) is 0. The van der Waals surface area contributed by atoms with Gasteiger partial charge in [0, 0.05) is 43.5 Å². The molecule has 4 nitrogen and oxygen atoms in total. The minimum atomic E-state index is 0. The number of nitrogens with zero attached hydrogens (tertiary/aromatic N) is 2. The molecule has 0 amide bonds. The Morgan fingerprint density at radius 3 is 2.52 bits per heavy atom. The molecule has 0 aromatic heterocycles. The van der Waals surface area contributed by atoms with Crippen LogP contribution in [0.5, 0.6) is 0 Å². The third-order valence-electron chi connectivity index (χ3n) is 4.48. The van der Waals surface area contributed by atoms with Gasteiger partial charge in [-0.1, -0.05) is 6.92 Å². The van der Waals surface area contributed by atoms with Crippen molar-refractivity contribution in [3.8, 4) is 0 Å². The second kappa shape index (κ2) is 8.24. The number of nitrogens with one attached hydrogen (secondary N) is 2. The summed E-state index contributed by atoms with van der Waals surface area (Å²) in [4.78, 5) is 7.02. The van der Waals surface area contributed by atoms with Crippen molar-refractivity contribution in [2.45, 2.75) is 50.4 Å². The van der Waals surface area contributed by atoms with Gasteiger partial charge < -0.3 is 10.6 Å². The number of hydrogen-bond acceptors (Lipinski definition) is 3. The lowest BCUT2D eigenvalue weighted by Crippen LogP contribution is -2.49. The minimum Gasteiger partial charge on any atom is -0.355 e. The topological polar surface area (TPSA) is 39.7 Å². The highest BCUT2D eigenvalue weighted by atomic mass is 127. The highest BCUT2D eigenvalue weighted by molar-refractivity contribution is 14.0. The molecule has 2 fully saturated rings. The first kappa shape index (κ1) is 19.4. The SMILES string of the molecule is CN=C(NCC(C)(C)SC)NC1CN(C2CC2)CC1C.I. The van der Waals surface area contributed by atoms with E-state index in [0.29, 0.717) is 12.0 Å². The molecule has 2 N–H and O–H groups in total. The molecule has 2 unspecified atom stereocenters. The summed E-state index contributed by atoms with van der Waals surface area (Å²) in [7, 11) is 1.86. The maximum Gasteiger partial charge on any atom is 0.191 e. The fourth-order valence-corrected chi connectivity index (χ4v) is 2.89. The Morgan fingerprint density at radius 1 is 1.33 bits per heavy atom. The maximum absolute atomic E-state index is 4.38. The molecule has 1 heterocycles. The number of rotatable bonds is 5. The average molecular weight is 426 g/mol. The van der Waals surface area contributed by atoms with Crippen LogP contribution in [-0.4, -0.2) is 60.6 Å². The van der Waals surface area contributed by atoms with E-state index in [9.17, 15) is 0 Å². The molecule has 1 aliphatic carbocycles. The van der Waals surface area contributed by atoms with Gasteiger partial charge in [0.05, 0.1) is 0 Å². The Bertz CT molecular complexity index is 358. The third kappa shape index (κ3) is 5.78. The molecule has 0 radical (unpaired) electrons. The number of guanidine groups is 1. The van der Waals surface area contributed by atoms with Crippen LogP contribution in [-0.2, 0) is 0 Å². The Kier molecular flexibility index (Phi) is 7.60. The molecule has 1 aliphatic heterocycles. The Balaban J connectivity index is 0.00000220. The largest absolute Gasteiger partial charge is 0.355 e. The molecule has 2 aliphatic rings. The predicted molar refractivity (Wildman–Crippen MR) is 105 cm³/mol. The molecule has 2 rings (SSSR count). The van der Waals surface area contributed by atoms with E-state index in [0.717, 1.165) is 18.5 Å². The fraction of sp³-hybridized carbons (Fsp3) is 0.933. The van der Waals surface area contributed by atoms with Crippen LogP contribution >= 0.6 is 35.7 Å². The Hall–Kier alpha value is 0.310. The van der Waals surface area contributed by atoms with E-state index in [1.165, 1.54) is 25.9 Å². The normalized spacial score (nSPS) is 27.4. The van der Waals surface area contributed by atoms with Crippen LogP contribution in [0.1, 0.15) is 33.6 Å². The van der Waals surface area contributed by atoms with E-state index < -0.39 is 0 Å². The quantitative estimate of drug-likeness (QED) is 0.403. The summed E-state index contributed by atoms with van der Waals surface area (Å²) in [6, 6.07) is 1.40. The van der Waals surface area contributed by atoms with Gasteiger partial charge in [0.1, 0.15) is 0 Å². The van der Waals surface area contributed by atoms with Gasteiger partial charge in [0.2, 0.25) is 0 Å². The predicted octanol–water partition coefficient (Wildman–Crippen LogP) is 2.39. The molecule has 21 heavy (non-hydrogen) atoms. The van der Waals surface area contributed by atoms with Gasteiger partial charge >= 0.3 is 0 Å². The van der Waals surface area contributed by atoms with E-state index in [2.05, 4.69) is 47.6 Å². The van der Waals surface area contributed by atoms with Gasteiger partial charge in [-0.3, -0.25) is 9.89 Å². The summed E-state index contributed by atoms with van der Waals surface area (Å²) in [6.07, 6.45) is 4.95. The zero-order valence-corrected chi connectivity index (χ0v) is 17.1. The molecule has 124 valence electrons. The van der Waals surface area contributed by atoms with Gasteiger partial charge in [0.25, 0.3) is 0 Å². The van der Waals surface area contributed by atoms with E-state index >= 15 is 0 Å². The Labute approximate surface area is 151 Å². The Morgan fingerprint density at radius 2 is 2.00 bits per heavy atom. The number of halogens is 1. The van der Waals surface area contributed by atoms with Gasteiger partial charge in [-0.2, -0.15) is 11.8 Å². The van der Waals surface area contributed by atoms with Gasteiger partial charge in [-0.05, 0) is 38.9 Å². The summed E-state index contributed by atoms with van der Waals surface area (Å²) in [5, 5.41) is 7.08. The van der Waals surface area contributed by atoms with Gasteiger partial charge in [-0.15, -0.1) is 24.0 Å². The lowest BCUT2D eigenvalue weighted by molar-refractivity contribution is 0.315. The van der Waals surface area contributed by atoms with Crippen molar-refractivity contribution in [3.05, 3.63) is 0 Å². The highest BCUT2D eigenvalue weighted by Gasteiger charge is 2.38. The molecule has 0 bridgehead atoms. The molecule has 6 heteroatoms. The van der Waals surface area contributed by atoms with Crippen LogP contribution < -0.4 is 10.6 Å². The molecular weight excluding hydrogens is 395 g/mol. The summed E-state index contributed by atoms with van der Waals surface area (Å²) < 4.78 is 0.235. The fourth-order valence-electron chi connectivity index (χ4n) is 2.67. The lowest BCUT2D eigenvalue weighted by Gasteiger charge is -2.26. The van der Waals surface area contributed by atoms with E-state index in [1.54, 1.807) is 0 Å². The summed E-state index contributed by atoms with van der Waals surface area (Å²) in [5.74, 6) is 1.64. The van der Waals surface area contributed by atoms with Crippen LogP contribution in [0.15, 0.2) is 4.99 Å². The standard InChI is InChI=1S/C15H30N4S.HI/c1-11-8-19(12-6-7-12)9-13(11)18-14(16-4)17-10-15(2,3)20-5;/h11-13H,6-10H2,1-5H3,(H2,16,17,18);1H. The lowest BCUT2D eigenvalue weighted by atomic mass is 10.1. The first-order valence-corrected chi connectivity index (χ1v) is 8.94. The van der Waals surface area contributed by atoms with Crippen LogP contribution in [0.4, 0.5) is 0 Å². The van der Waals surface area contributed by atoms with Crippen molar-refractivity contribution in [1.82, 2.24) is 15.5 Å². The molecule has 1 saturated heterocycles. The number of aliphatic imine (C=N–C) groups is 1. The zero-order chi connectivity index (χ0) is 14.8. The molecular formula is C15H31IN4S. The van der Waals surface area contributed by atoms with Crippen molar-refractivity contribution < 1.29 is 0 Å². The first-order chi connectivity index (χ1) is 9.45. The molecule has 0 aromatic rings. The number of likely N-dealkylation sites (tertiary alicyclic amines) is 1. The maximum atomic E-state index is 4.38. The summed E-state index contributed by atoms with van der Waals surface area (Å²) in [6.45, 7) is 10.2. The molecule has 2 atom stereocenters. The van der Waals surface area contributed by atoms with E-state index in [-0.39, 0.29) is 28.7 Å². The molecule has 0 aromatic carbocycles. The van der Waals surface area contributed by atoms with Gasteiger partial charge in [0.15, 0.2) is 5.96 Å². The smallest absolute Gasteiger partial charge is 0.191 e. The molecule has 0 spiro atoms. The van der Waals surface area contributed by atoms with Crippen LogP contribution in [0.2, 0.25) is 0 Å². The zero-order valence-electron chi connectivity index (χ0n) is 14.0. The minimum absolute atomic E-state index is 0. The first-order valence-electron chi connectivity index (χ1n) is 7.71. The van der Waals surface area contributed by atoms with Crippen molar-refractivity contribution in [2.75, 3.05) is 32.9 Å². The van der Waals surface area contributed by atoms with Gasteiger partial charge in [-0.25, -0.2) is 0 Å². The van der Waals surface area contributed by atoms with Crippen molar-refractivity contribution in [3.63, 3.8) is 0 Å². The second-order valence-corrected chi connectivity index (χ2v) is 8.32.